The number of benzene rings is 3. The fraction of sp³-hybridized carbons (Fsp3) is 0.233. The number of carbonyl (C=O) groups is 1. The molecule has 0 saturated carbocycles. The highest BCUT2D eigenvalue weighted by atomic mass is 16.5. The first-order valence-electron chi connectivity index (χ1n) is 12.6. The molecule has 194 valence electrons. The molecular weight excluding hydrogens is 480 g/mol. The third-order valence-electron chi connectivity index (χ3n) is 7.42. The SMILES string of the molecule is COc1cc(OC)c(CNC(=O)C2Cc3c([nH]c4ccccc34)[C@H](c3c[nH]c4ccccc34)N2)c(OC)c1. The van der Waals surface area contributed by atoms with Crippen LogP contribution in [0.1, 0.15) is 28.4 Å². The summed E-state index contributed by atoms with van der Waals surface area (Å²) in [7, 11) is 4.77. The molecule has 0 aliphatic carbocycles. The number of rotatable bonds is 7. The summed E-state index contributed by atoms with van der Waals surface area (Å²) in [5, 5.41) is 9.01. The molecule has 6 rings (SSSR count). The minimum atomic E-state index is -0.435. The quantitative estimate of drug-likeness (QED) is 0.257. The third-order valence-corrected chi connectivity index (χ3v) is 7.42. The molecule has 2 atom stereocenters. The average molecular weight is 511 g/mol. The van der Waals surface area contributed by atoms with Gasteiger partial charge in [0.25, 0.3) is 0 Å². The van der Waals surface area contributed by atoms with Crippen LogP contribution in [0.3, 0.4) is 0 Å². The van der Waals surface area contributed by atoms with Gasteiger partial charge in [0.1, 0.15) is 17.2 Å². The zero-order valence-corrected chi connectivity index (χ0v) is 21.6. The summed E-state index contributed by atoms with van der Waals surface area (Å²) in [5.41, 5.74) is 6.24. The molecule has 1 aliphatic heterocycles. The third kappa shape index (κ3) is 4.03. The largest absolute Gasteiger partial charge is 0.496 e. The molecule has 5 aromatic rings. The summed E-state index contributed by atoms with van der Waals surface area (Å²) in [5.74, 6) is 1.71. The summed E-state index contributed by atoms with van der Waals surface area (Å²) in [4.78, 5) is 20.6. The van der Waals surface area contributed by atoms with Gasteiger partial charge in [0.15, 0.2) is 0 Å². The number of aromatic amines is 2. The number of fused-ring (bicyclic) bond motifs is 4. The Bertz CT molecular complexity index is 1610. The van der Waals surface area contributed by atoms with Crippen molar-refractivity contribution in [3.8, 4) is 17.2 Å². The van der Waals surface area contributed by atoms with Gasteiger partial charge in [-0.3, -0.25) is 10.1 Å². The van der Waals surface area contributed by atoms with Gasteiger partial charge in [0.2, 0.25) is 5.91 Å². The van der Waals surface area contributed by atoms with Crippen LogP contribution in [0.15, 0.2) is 66.9 Å². The van der Waals surface area contributed by atoms with E-state index in [-0.39, 0.29) is 18.5 Å². The lowest BCUT2D eigenvalue weighted by Gasteiger charge is -2.31. The van der Waals surface area contributed by atoms with E-state index in [1.165, 1.54) is 0 Å². The van der Waals surface area contributed by atoms with Crippen molar-refractivity contribution >= 4 is 27.7 Å². The van der Waals surface area contributed by atoms with Crippen molar-refractivity contribution in [2.75, 3.05) is 21.3 Å². The topological polar surface area (TPSA) is 100 Å². The van der Waals surface area contributed by atoms with E-state index in [1.807, 2.05) is 30.5 Å². The van der Waals surface area contributed by atoms with Crippen molar-refractivity contribution in [2.45, 2.75) is 25.0 Å². The van der Waals surface area contributed by atoms with Gasteiger partial charge in [-0.15, -0.1) is 0 Å². The molecule has 1 amide bonds. The highest BCUT2D eigenvalue weighted by Crippen LogP contribution is 2.38. The van der Waals surface area contributed by atoms with Crippen LogP contribution in [-0.4, -0.2) is 43.2 Å². The molecule has 8 heteroatoms. The van der Waals surface area contributed by atoms with Gasteiger partial charge in [-0.05, 0) is 24.1 Å². The van der Waals surface area contributed by atoms with E-state index in [0.29, 0.717) is 23.7 Å². The number of methoxy groups -OCH3 is 3. The molecular formula is C30H30N4O4. The van der Waals surface area contributed by atoms with E-state index in [4.69, 9.17) is 14.2 Å². The maximum atomic E-state index is 13.6. The molecule has 38 heavy (non-hydrogen) atoms. The van der Waals surface area contributed by atoms with Gasteiger partial charge in [-0.25, -0.2) is 0 Å². The summed E-state index contributed by atoms with van der Waals surface area (Å²) < 4.78 is 16.5. The van der Waals surface area contributed by atoms with Gasteiger partial charge in [-0.1, -0.05) is 36.4 Å². The van der Waals surface area contributed by atoms with Gasteiger partial charge >= 0.3 is 0 Å². The number of hydrogen-bond acceptors (Lipinski definition) is 5. The first-order chi connectivity index (χ1) is 18.6. The number of ether oxygens (including phenoxy) is 3. The van der Waals surface area contributed by atoms with E-state index in [9.17, 15) is 4.79 Å². The van der Waals surface area contributed by atoms with Crippen molar-refractivity contribution in [3.63, 3.8) is 0 Å². The highest BCUT2D eigenvalue weighted by Gasteiger charge is 2.35. The number of amides is 1. The van der Waals surface area contributed by atoms with Gasteiger partial charge < -0.3 is 29.5 Å². The van der Waals surface area contributed by atoms with Crippen LogP contribution < -0.4 is 24.8 Å². The van der Waals surface area contributed by atoms with E-state index < -0.39 is 6.04 Å². The molecule has 1 aliphatic rings. The number of carbonyl (C=O) groups excluding carboxylic acids is 1. The number of H-pyrrole nitrogens is 2. The molecule has 8 nitrogen and oxygen atoms in total. The smallest absolute Gasteiger partial charge is 0.237 e. The Labute approximate surface area is 220 Å². The van der Waals surface area contributed by atoms with Crippen molar-refractivity contribution in [1.82, 2.24) is 20.6 Å². The van der Waals surface area contributed by atoms with E-state index >= 15 is 0 Å². The number of para-hydroxylation sites is 2. The molecule has 2 aromatic heterocycles. The van der Waals surface area contributed by atoms with E-state index in [1.54, 1.807) is 33.5 Å². The standard InChI is InChI=1S/C30H30N4O4/c1-36-17-12-26(37-2)22(27(13-17)38-3)16-32-30(35)25-14-20-18-8-5-7-11-24(18)33-28(20)29(34-25)21-15-31-23-10-6-4-9-19(21)23/h4-13,15,25,29,31,33-34H,14,16H2,1-3H3,(H,32,35)/t25?,29-/m0/s1. The summed E-state index contributed by atoms with van der Waals surface area (Å²) in [6, 6.07) is 19.4. The van der Waals surface area contributed by atoms with E-state index in [0.717, 1.165) is 44.2 Å². The second kappa shape index (κ2) is 9.79. The lowest BCUT2D eigenvalue weighted by molar-refractivity contribution is -0.123. The molecule has 4 N–H and O–H groups in total. The Balaban J connectivity index is 1.34. The average Bonchev–Trinajstić information content (AvgIpc) is 3.56. The molecule has 0 bridgehead atoms. The van der Waals surface area contributed by atoms with Crippen molar-refractivity contribution in [1.29, 1.82) is 0 Å². The van der Waals surface area contributed by atoms with Gasteiger partial charge in [0.05, 0.1) is 45.5 Å². The molecule has 0 fully saturated rings. The molecule has 3 heterocycles. The first kappa shape index (κ1) is 23.9. The van der Waals surface area contributed by atoms with Gasteiger partial charge in [-0.2, -0.15) is 0 Å². The van der Waals surface area contributed by atoms with Crippen LogP contribution in [-0.2, 0) is 17.8 Å². The summed E-state index contributed by atoms with van der Waals surface area (Å²) in [6.45, 7) is 0.256. The second-order valence-electron chi connectivity index (χ2n) is 9.44. The van der Waals surface area contributed by atoms with Crippen LogP contribution in [0.2, 0.25) is 0 Å². The molecule has 0 saturated heterocycles. The van der Waals surface area contributed by atoms with Gasteiger partial charge in [0, 0.05) is 51.4 Å². The monoisotopic (exact) mass is 510 g/mol. The fourth-order valence-corrected chi connectivity index (χ4v) is 5.53. The van der Waals surface area contributed by atoms with Crippen LogP contribution in [0.5, 0.6) is 17.2 Å². The number of hydrogen-bond donors (Lipinski definition) is 4. The predicted octanol–water partition coefficient (Wildman–Crippen LogP) is 4.60. The Morgan fingerprint density at radius 2 is 1.61 bits per heavy atom. The van der Waals surface area contributed by atoms with Crippen molar-refractivity contribution < 1.29 is 19.0 Å². The zero-order valence-electron chi connectivity index (χ0n) is 21.6. The maximum absolute atomic E-state index is 13.6. The number of aromatic nitrogens is 2. The molecule has 0 radical (unpaired) electrons. The van der Waals surface area contributed by atoms with Crippen molar-refractivity contribution in [2.24, 2.45) is 0 Å². The fourth-order valence-electron chi connectivity index (χ4n) is 5.53. The Hall–Kier alpha value is -4.43. The Morgan fingerprint density at radius 3 is 2.32 bits per heavy atom. The molecule has 0 spiro atoms. The predicted molar refractivity (Wildman–Crippen MR) is 147 cm³/mol. The lowest BCUT2D eigenvalue weighted by atomic mass is 9.90. The highest BCUT2D eigenvalue weighted by molar-refractivity contribution is 5.90. The Morgan fingerprint density at radius 1 is 0.921 bits per heavy atom. The second-order valence-corrected chi connectivity index (χ2v) is 9.44. The Kier molecular flexibility index (Phi) is 6.17. The van der Waals surface area contributed by atoms with Crippen LogP contribution in [0.25, 0.3) is 21.8 Å². The minimum Gasteiger partial charge on any atom is -0.496 e. The first-order valence-corrected chi connectivity index (χ1v) is 12.6. The number of nitrogens with one attached hydrogen (secondary N) is 4. The van der Waals surface area contributed by atoms with Crippen LogP contribution in [0.4, 0.5) is 0 Å². The van der Waals surface area contributed by atoms with Crippen LogP contribution in [0, 0.1) is 0 Å². The minimum absolute atomic E-state index is 0.0919. The molecule has 1 unspecified atom stereocenters. The zero-order chi connectivity index (χ0) is 26.2. The van der Waals surface area contributed by atoms with Crippen LogP contribution >= 0.6 is 0 Å². The lowest BCUT2D eigenvalue weighted by Crippen LogP contribution is -2.49. The van der Waals surface area contributed by atoms with E-state index in [2.05, 4.69) is 44.9 Å². The maximum Gasteiger partial charge on any atom is 0.237 e. The molecule has 3 aromatic carbocycles. The summed E-state index contributed by atoms with van der Waals surface area (Å²) >= 11 is 0. The van der Waals surface area contributed by atoms with Crippen molar-refractivity contribution in [3.05, 3.63) is 89.2 Å². The summed E-state index contributed by atoms with van der Waals surface area (Å²) in [6.07, 6.45) is 2.60. The normalized spacial score (nSPS) is 16.8.